The van der Waals surface area contributed by atoms with Crippen LogP contribution in [0.1, 0.15) is 6.42 Å². The lowest BCUT2D eigenvalue weighted by molar-refractivity contribution is -0.123. The van der Waals surface area contributed by atoms with E-state index >= 15 is 0 Å². The van der Waals surface area contributed by atoms with Crippen molar-refractivity contribution in [1.82, 2.24) is 10.3 Å². The minimum absolute atomic E-state index is 0.128. The quantitative estimate of drug-likeness (QED) is 0.358. The zero-order valence-corrected chi connectivity index (χ0v) is 16.2. The van der Waals surface area contributed by atoms with Gasteiger partial charge < -0.3 is 19.2 Å². The Hall–Kier alpha value is -3.87. The summed E-state index contributed by atoms with van der Waals surface area (Å²) in [4.78, 5) is 27.6. The van der Waals surface area contributed by atoms with E-state index in [1.54, 1.807) is 30.5 Å². The Kier molecular flexibility index (Phi) is 5.89. The molecule has 0 radical (unpaired) electrons. The van der Waals surface area contributed by atoms with Crippen LogP contribution in [-0.2, 0) is 4.79 Å². The second-order valence-electron chi connectivity index (χ2n) is 6.63. The van der Waals surface area contributed by atoms with Gasteiger partial charge in [0.05, 0.1) is 6.61 Å². The summed E-state index contributed by atoms with van der Waals surface area (Å²) in [6, 6.07) is 17.8. The number of benzene rings is 2. The lowest BCUT2D eigenvalue weighted by Crippen LogP contribution is -2.30. The Morgan fingerprint density at radius 3 is 2.80 bits per heavy atom. The van der Waals surface area contributed by atoms with Gasteiger partial charge in [-0.25, -0.2) is 4.79 Å². The van der Waals surface area contributed by atoms with E-state index in [4.69, 9.17) is 13.9 Å². The maximum absolute atomic E-state index is 12.0. The van der Waals surface area contributed by atoms with Crippen LogP contribution in [0.4, 0.5) is 0 Å². The Morgan fingerprint density at radius 1 is 1.00 bits per heavy atom. The first kappa shape index (κ1) is 19.4. The molecule has 4 aromatic rings. The van der Waals surface area contributed by atoms with Crippen LogP contribution in [0, 0.1) is 0 Å². The van der Waals surface area contributed by atoms with Gasteiger partial charge in [-0.15, -0.1) is 0 Å². The van der Waals surface area contributed by atoms with E-state index in [1.807, 2.05) is 30.3 Å². The van der Waals surface area contributed by atoms with Crippen molar-refractivity contribution < 1.29 is 18.7 Å². The number of ether oxygens (including phenoxy) is 2. The third-order valence-corrected chi connectivity index (χ3v) is 4.46. The molecule has 0 fully saturated rings. The number of pyridine rings is 1. The molecule has 0 aliphatic carbocycles. The zero-order valence-electron chi connectivity index (χ0n) is 16.2. The van der Waals surface area contributed by atoms with Gasteiger partial charge in [0.25, 0.3) is 5.91 Å². The highest BCUT2D eigenvalue weighted by molar-refractivity contribution is 5.84. The van der Waals surface area contributed by atoms with Crippen LogP contribution < -0.4 is 20.4 Å². The normalized spacial score (nSPS) is 10.8. The van der Waals surface area contributed by atoms with E-state index in [-0.39, 0.29) is 12.5 Å². The molecule has 0 saturated heterocycles. The number of carbonyl (C=O) groups excluding carboxylic acids is 1. The van der Waals surface area contributed by atoms with E-state index in [1.165, 1.54) is 6.07 Å². The number of nitrogens with one attached hydrogen (secondary N) is 1. The van der Waals surface area contributed by atoms with Crippen molar-refractivity contribution in [3.8, 4) is 11.5 Å². The Labute approximate surface area is 172 Å². The topological polar surface area (TPSA) is 90.7 Å². The van der Waals surface area contributed by atoms with Crippen molar-refractivity contribution in [3.05, 3.63) is 77.3 Å². The van der Waals surface area contributed by atoms with Crippen LogP contribution >= 0.6 is 0 Å². The summed E-state index contributed by atoms with van der Waals surface area (Å²) >= 11 is 0. The first-order valence-corrected chi connectivity index (χ1v) is 9.59. The minimum Gasteiger partial charge on any atom is -0.491 e. The Bertz CT molecular complexity index is 1230. The summed E-state index contributed by atoms with van der Waals surface area (Å²) in [5.74, 6) is 0.945. The summed E-state index contributed by atoms with van der Waals surface area (Å²) in [5.41, 5.74) is 0.808. The van der Waals surface area contributed by atoms with Gasteiger partial charge in [-0.3, -0.25) is 9.78 Å². The van der Waals surface area contributed by atoms with Crippen molar-refractivity contribution in [2.75, 3.05) is 19.8 Å². The van der Waals surface area contributed by atoms with Gasteiger partial charge in [-0.1, -0.05) is 18.2 Å². The molecule has 152 valence electrons. The van der Waals surface area contributed by atoms with E-state index in [0.717, 1.165) is 22.0 Å². The molecule has 7 heteroatoms. The Balaban J connectivity index is 1.20. The first-order valence-electron chi connectivity index (χ1n) is 9.59. The number of carbonyl (C=O) groups is 1. The van der Waals surface area contributed by atoms with Gasteiger partial charge in [0.2, 0.25) is 0 Å². The fourth-order valence-electron chi connectivity index (χ4n) is 3.01. The molecule has 0 spiro atoms. The lowest BCUT2D eigenvalue weighted by atomic mass is 10.2. The standard InChI is InChI=1S/C23H20N2O5/c26-21(15-29-18-9-7-16-8-10-22(27)30-20(16)14-18)24-12-3-13-28-19-6-1-4-17-5-2-11-25-23(17)19/h1-2,4-11,14H,3,12-13,15H2,(H,24,26). The van der Waals surface area contributed by atoms with Crippen molar-refractivity contribution in [3.63, 3.8) is 0 Å². The third-order valence-electron chi connectivity index (χ3n) is 4.46. The predicted octanol–water partition coefficient (Wildman–Crippen LogP) is 3.31. The van der Waals surface area contributed by atoms with Crippen LogP contribution in [0.3, 0.4) is 0 Å². The van der Waals surface area contributed by atoms with Crippen molar-refractivity contribution in [2.24, 2.45) is 0 Å². The average molecular weight is 404 g/mol. The molecule has 2 aromatic carbocycles. The van der Waals surface area contributed by atoms with Crippen LogP contribution in [0.15, 0.2) is 76.1 Å². The van der Waals surface area contributed by atoms with Crippen molar-refractivity contribution in [2.45, 2.75) is 6.42 Å². The van der Waals surface area contributed by atoms with Gasteiger partial charge >= 0.3 is 5.63 Å². The smallest absolute Gasteiger partial charge is 0.336 e. The van der Waals surface area contributed by atoms with Crippen LogP contribution in [0.2, 0.25) is 0 Å². The summed E-state index contributed by atoms with van der Waals surface area (Å²) in [7, 11) is 0. The maximum atomic E-state index is 12.0. The molecule has 0 bridgehead atoms. The number of hydrogen-bond donors (Lipinski definition) is 1. The van der Waals surface area contributed by atoms with E-state index < -0.39 is 5.63 Å². The molecule has 1 N–H and O–H groups in total. The monoisotopic (exact) mass is 404 g/mol. The number of hydrogen-bond acceptors (Lipinski definition) is 6. The fourth-order valence-corrected chi connectivity index (χ4v) is 3.01. The number of fused-ring (bicyclic) bond motifs is 2. The molecule has 0 aliphatic rings. The summed E-state index contributed by atoms with van der Waals surface area (Å²) in [5, 5.41) is 4.60. The SMILES string of the molecule is O=C(COc1ccc2ccc(=O)oc2c1)NCCCOc1cccc2cccnc12. The van der Waals surface area contributed by atoms with Crippen LogP contribution in [-0.4, -0.2) is 30.6 Å². The number of amides is 1. The van der Waals surface area contributed by atoms with Gasteiger partial charge in [0.15, 0.2) is 6.61 Å². The summed E-state index contributed by atoms with van der Waals surface area (Å²) < 4.78 is 16.4. The zero-order chi connectivity index (χ0) is 20.8. The molecule has 2 heterocycles. The number of nitrogens with zero attached hydrogens (tertiary/aromatic N) is 1. The van der Waals surface area contributed by atoms with E-state index in [0.29, 0.717) is 30.9 Å². The lowest BCUT2D eigenvalue weighted by Gasteiger charge is -2.10. The van der Waals surface area contributed by atoms with E-state index in [2.05, 4.69) is 10.3 Å². The number of para-hydroxylation sites is 1. The molecule has 4 rings (SSSR count). The third kappa shape index (κ3) is 4.75. The molecular formula is C23H20N2O5. The Morgan fingerprint density at radius 2 is 1.87 bits per heavy atom. The fraction of sp³-hybridized carbons (Fsp3) is 0.174. The second-order valence-corrected chi connectivity index (χ2v) is 6.63. The molecular weight excluding hydrogens is 384 g/mol. The predicted molar refractivity (Wildman–Crippen MR) is 113 cm³/mol. The highest BCUT2D eigenvalue weighted by Crippen LogP contribution is 2.23. The maximum Gasteiger partial charge on any atom is 0.336 e. The molecule has 0 aliphatic heterocycles. The van der Waals surface area contributed by atoms with Crippen molar-refractivity contribution in [1.29, 1.82) is 0 Å². The van der Waals surface area contributed by atoms with Crippen LogP contribution in [0.5, 0.6) is 11.5 Å². The molecule has 30 heavy (non-hydrogen) atoms. The molecule has 0 saturated carbocycles. The number of rotatable bonds is 8. The van der Waals surface area contributed by atoms with Gasteiger partial charge in [0.1, 0.15) is 22.6 Å². The highest BCUT2D eigenvalue weighted by atomic mass is 16.5. The highest BCUT2D eigenvalue weighted by Gasteiger charge is 2.06. The first-order chi connectivity index (χ1) is 14.7. The van der Waals surface area contributed by atoms with Gasteiger partial charge in [-0.05, 0) is 36.8 Å². The van der Waals surface area contributed by atoms with Crippen molar-refractivity contribution >= 4 is 27.8 Å². The molecule has 2 aromatic heterocycles. The molecule has 7 nitrogen and oxygen atoms in total. The van der Waals surface area contributed by atoms with Gasteiger partial charge in [0, 0.05) is 35.6 Å². The molecule has 1 amide bonds. The second kappa shape index (κ2) is 9.09. The van der Waals surface area contributed by atoms with Crippen LogP contribution in [0.25, 0.3) is 21.9 Å². The summed E-state index contributed by atoms with van der Waals surface area (Å²) in [6.07, 6.45) is 2.38. The molecule has 0 atom stereocenters. The van der Waals surface area contributed by atoms with E-state index in [9.17, 15) is 9.59 Å². The average Bonchev–Trinajstić information content (AvgIpc) is 2.77. The van der Waals surface area contributed by atoms with Gasteiger partial charge in [-0.2, -0.15) is 0 Å². The summed E-state index contributed by atoms with van der Waals surface area (Å²) in [6.45, 7) is 0.796. The largest absolute Gasteiger partial charge is 0.491 e. The number of aromatic nitrogens is 1. The molecule has 0 unspecified atom stereocenters. The minimum atomic E-state index is -0.432.